The third kappa shape index (κ3) is 3.91. The van der Waals surface area contributed by atoms with E-state index < -0.39 is 40.1 Å². The number of rotatable bonds is 5. The minimum atomic E-state index is -1.01. The molecule has 4 rings (SSSR count). The molecule has 0 unspecified atom stereocenters. The van der Waals surface area contributed by atoms with Crippen molar-refractivity contribution in [1.82, 2.24) is 0 Å². The summed E-state index contributed by atoms with van der Waals surface area (Å²) in [5.74, 6) is -3.03. The number of allylic oxidation sites excluding steroid dienone is 1. The van der Waals surface area contributed by atoms with Gasteiger partial charge in [0, 0.05) is 17.3 Å². The number of methoxy groups -OCH3 is 1. The van der Waals surface area contributed by atoms with Gasteiger partial charge in [0.25, 0.3) is 0 Å². The van der Waals surface area contributed by atoms with E-state index in [1.165, 1.54) is 19.2 Å². The molecule has 0 spiro atoms. The monoisotopic (exact) mass is 467 g/mol. The quantitative estimate of drug-likeness (QED) is 0.258. The summed E-state index contributed by atoms with van der Waals surface area (Å²) >= 11 is 0. The summed E-state index contributed by atoms with van der Waals surface area (Å²) in [7, 11) is 1.24. The molecule has 0 fully saturated rings. The molecule has 178 valence electrons. The van der Waals surface area contributed by atoms with Crippen molar-refractivity contribution in [3.05, 3.63) is 63.3 Å². The number of carbonyl (C=O) groups excluding carboxylic acids is 2. The van der Waals surface area contributed by atoms with Crippen molar-refractivity contribution in [3.63, 3.8) is 0 Å². The van der Waals surface area contributed by atoms with Crippen LogP contribution >= 0.6 is 0 Å². The SMILES string of the molecule is CCOc1cc([C@@H]2Nc3ccccc3NC3=C2C(=O)[C@@H](C(=O)OC)[C@H](C)C3)cc([N+](=O)[O-])c1O. The van der Waals surface area contributed by atoms with Crippen molar-refractivity contribution in [1.29, 1.82) is 0 Å². The number of nitro benzene ring substituents is 1. The number of ketones is 1. The number of anilines is 2. The molecule has 2 aromatic carbocycles. The predicted octanol–water partition coefficient (Wildman–Crippen LogP) is 3.93. The summed E-state index contributed by atoms with van der Waals surface area (Å²) in [6.45, 7) is 3.67. The van der Waals surface area contributed by atoms with E-state index in [1.807, 2.05) is 31.2 Å². The van der Waals surface area contributed by atoms with Crippen molar-refractivity contribution >= 4 is 28.8 Å². The second-order valence-electron chi connectivity index (χ2n) is 8.26. The van der Waals surface area contributed by atoms with Crippen molar-refractivity contribution in [2.45, 2.75) is 26.3 Å². The van der Waals surface area contributed by atoms with Gasteiger partial charge in [-0.15, -0.1) is 0 Å². The molecular weight excluding hydrogens is 442 g/mol. The average molecular weight is 467 g/mol. The number of esters is 1. The molecule has 34 heavy (non-hydrogen) atoms. The Labute approximate surface area is 195 Å². The van der Waals surface area contributed by atoms with Gasteiger partial charge in [-0.05, 0) is 43.0 Å². The van der Waals surface area contributed by atoms with Crippen LogP contribution in [0, 0.1) is 22.0 Å². The number of ether oxygens (including phenoxy) is 2. The Kier molecular flexibility index (Phi) is 6.14. The van der Waals surface area contributed by atoms with Gasteiger partial charge < -0.3 is 25.2 Å². The smallest absolute Gasteiger partial charge is 0.316 e. The molecule has 10 heteroatoms. The van der Waals surface area contributed by atoms with Gasteiger partial charge in [-0.3, -0.25) is 19.7 Å². The predicted molar refractivity (Wildman–Crippen MR) is 124 cm³/mol. The van der Waals surface area contributed by atoms with Crippen LogP contribution in [0.5, 0.6) is 11.5 Å². The van der Waals surface area contributed by atoms with Gasteiger partial charge in [-0.1, -0.05) is 19.1 Å². The molecule has 10 nitrogen and oxygen atoms in total. The molecule has 0 radical (unpaired) electrons. The zero-order chi connectivity index (χ0) is 24.6. The number of hydrogen-bond acceptors (Lipinski definition) is 9. The number of phenolic OH excluding ortho intramolecular Hbond substituents is 1. The number of benzene rings is 2. The Balaban J connectivity index is 1.94. The van der Waals surface area contributed by atoms with Gasteiger partial charge >= 0.3 is 11.7 Å². The van der Waals surface area contributed by atoms with E-state index in [0.717, 1.165) is 5.69 Å². The molecule has 1 aliphatic carbocycles. The Morgan fingerprint density at radius 2 is 1.97 bits per heavy atom. The molecule has 3 atom stereocenters. The van der Waals surface area contributed by atoms with E-state index in [1.54, 1.807) is 6.92 Å². The fourth-order valence-electron chi connectivity index (χ4n) is 4.57. The lowest BCUT2D eigenvalue weighted by Crippen LogP contribution is -2.39. The highest BCUT2D eigenvalue weighted by atomic mass is 16.6. The van der Waals surface area contributed by atoms with Gasteiger partial charge in [-0.25, -0.2) is 0 Å². The maximum absolute atomic E-state index is 13.7. The minimum Gasteiger partial charge on any atom is -0.500 e. The Morgan fingerprint density at radius 1 is 1.26 bits per heavy atom. The van der Waals surface area contributed by atoms with Crippen LogP contribution in [0.4, 0.5) is 17.1 Å². The number of Topliss-reactive ketones (excluding diaryl/α,β-unsaturated/α-hetero) is 1. The molecule has 0 aromatic heterocycles. The first-order valence-electron chi connectivity index (χ1n) is 10.9. The highest BCUT2D eigenvalue weighted by molar-refractivity contribution is 6.11. The highest BCUT2D eigenvalue weighted by Gasteiger charge is 2.44. The largest absolute Gasteiger partial charge is 0.500 e. The molecule has 3 N–H and O–H groups in total. The number of nitro groups is 1. The average Bonchev–Trinajstić information content (AvgIpc) is 2.96. The van der Waals surface area contributed by atoms with E-state index in [2.05, 4.69) is 10.6 Å². The lowest BCUT2D eigenvalue weighted by molar-refractivity contribution is -0.386. The standard InChI is InChI=1S/C24H25N3O7/c1-4-34-18-11-13(10-17(22(18)28)27(31)32)21-20-16(25-14-7-5-6-8-15(14)26-21)9-12(2)19(23(20)29)24(30)33-3/h5-8,10-12,19,21,25-26,28H,4,9H2,1-3H3/t12-,19+,21+/m1/s1. The minimum absolute atomic E-state index is 0.0673. The van der Waals surface area contributed by atoms with E-state index >= 15 is 0 Å². The van der Waals surface area contributed by atoms with E-state index in [9.17, 15) is 24.8 Å². The van der Waals surface area contributed by atoms with Crippen LogP contribution in [-0.4, -0.2) is 35.5 Å². The van der Waals surface area contributed by atoms with Crippen LogP contribution in [0.15, 0.2) is 47.7 Å². The summed E-state index contributed by atoms with van der Waals surface area (Å²) in [6.07, 6.45) is 0.395. The molecular formula is C24H25N3O7. The maximum Gasteiger partial charge on any atom is 0.316 e. The summed E-state index contributed by atoms with van der Waals surface area (Å²) in [6, 6.07) is 9.17. The molecule has 0 bridgehead atoms. The number of hydrogen-bond donors (Lipinski definition) is 3. The summed E-state index contributed by atoms with van der Waals surface area (Å²) in [5, 5.41) is 28.6. The van der Waals surface area contributed by atoms with E-state index in [4.69, 9.17) is 9.47 Å². The number of phenols is 1. The maximum atomic E-state index is 13.7. The molecule has 0 amide bonds. The molecule has 1 aliphatic heterocycles. The lowest BCUT2D eigenvalue weighted by Gasteiger charge is -2.32. The normalized spacial score (nSPS) is 21.4. The molecule has 2 aromatic rings. The number of fused-ring (bicyclic) bond motifs is 1. The van der Waals surface area contributed by atoms with Crippen molar-refractivity contribution in [2.75, 3.05) is 24.4 Å². The lowest BCUT2D eigenvalue weighted by atomic mass is 9.74. The fraction of sp³-hybridized carbons (Fsp3) is 0.333. The zero-order valence-electron chi connectivity index (χ0n) is 19.0. The topological polar surface area (TPSA) is 140 Å². The first-order chi connectivity index (χ1) is 16.3. The number of nitrogens with zero attached hydrogens (tertiary/aromatic N) is 1. The third-order valence-corrected chi connectivity index (χ3v) is 6.13. The molecule has 2 aliphatic rings. The third-order valence-electron chi connectivity index (χ3n) is 6.13. The van der Waals surface area contributed by atoms with Crippen LogP contribution in [0.25, 0.3) is 0 Å². The Hall–Kier alpha value is -4.08. The van der Waals surface area contributed by atoms with E-state index in [-0.39, 0.29) is 23.8 Å². The highest BCUT2D eigenvalue weighted by Crippen LogP contribution is 2.46. The fourth-order valence-corrected chi connectivity index (χ4v) is 4.57. The molecule has 0 saturated carbocycles. The first-order valence-corrected chi connectivity index (χ1v) is 10.9. The molecule has 0 saturated heterocycles. The number of carbonyl (C=O) groups is 2. The van der Waals surface area contributed by atoms with Gasteiger partial charge in [0.1, 0.15) is 5.92 Å². The van der Waals surface area contributed by atoms with E-state index in [0.29, 0.717) is 23.4 Å². The summed E-state index contributed by atoms with van der Waals surface area (Å²) < 4.78 is 10.3. The van der Waals surface area contributed by atoms with Crippen LogP contribution in [0.3, 0.4) is 0 Å². The van der Waals surface area contributed by atoms with Gasteiger partial charge in [0.05, 0.1) is 36.1 Å². The number of nitrogens with one attached hydrogen (secondary N) is 2. The summed E-state index contributed by atoms with van der Waals surface area (Å²) in [5.41, 5.74) is 2.10. The Bertz CT molecular complexity index is 1210. The van der Waals surface area contributed by atoms with Crippen LogP contribution in [0.1, 0.15) is 31.9 Å². The zero-order valence-corrected chi connectivity index (χ0v) is 19.0. The van der Waals surface area contributed by atoms with Crippen molar-refractivity contribution < 1.29 is 29.1 Å². The van der Waals surface area contributed by atoms with Crippen LogP contribution in [-0.2, 0) is 14.3 Å². The van der Waals surface area contributed by atoms with Crippen LogP contribution in [0.2, 0.25) is 0 Å². The van der Waals surface area contributed by atoms with Gasteiger partial charge in [0.2, 0.25) is 5.75 Å². The second-order valence-corrected chi connectivity index (χ2v) is 8.26. The number of para-hydroxylation sites is 2. The van der Waals surface area contributed by atoms with Gasteiger partial charge in [-0.2, -0.15) is 0 Å². The molecule has 1 heterocycles. The van der Waals surface area contributed by atoms with Gasteiger partial charge in [0.15, 0.2) is 11.5 Å². The number of aromatic hydroxyl groups is 1. The van der Waals surface area contributed by atoms with Crippen molar-refractivity contribution in [3.8, 4) is 11.5 Å². The first kappa shape index (κ1) is 23.1. The Morgan fingerprint density at radius 3 is 2.62 bits per heavy atom. The van der Waals surface area contributed by atoms with Crippen molar-refractivity contribution in [2.24, 2.45) is 11.8 Å². The second kappa shape index (κ2) is 9.05. The van der Waals surface area contributed by atoms with Crippen LogP contribution < -0.4 is 15.4 Å². The summed E-state index contributed by atoms with van der Waals surface area (Å²) in [4.78, 5) is 37.1.